The van der Waals surface area contributed by atoms with Crippen molar-refractivity contribution in [2.45, 2.75) is 11.5 Å². The lowest BCUT2D eigenvalue weighted by Crippen LogP contribution is -2.20. The van der Waals surface area contributed by atoms with Crippen LogP contribution in [-0.4, -0.2) is 34.4 Å². The van der Waals surface area contributed by atoms with Gasteiger partial charge in [0.15, 0.2) is 5.82 Å². The molecule has 0 spiro atoms. The minimum Gasteiger partial charge on any atom is -0.380 e. The molecule has 3 atom stereocenters. The third-order valence-electron chi connectivity index (χ3n) is 2.74. The SMILES string of the molecule is COC1C(C2=[N+]c3nc(N)nc(N)c3N2)[PH]1=O. The van der Waals surface area contributed by atoms with E-state index in [-0.39, 0.29) is 23.3 Å². The van der Waals surface area contributed by atoms with E-state index in [1.54, 1.807) is 0 Å². The van der Waals surface area contributed by atoms with Crippen LogP contribution >= 0.6 is 7.80 Å². The standard InChI is InChI=1S/C8H11N6O2P/c1-16-7-3(17(7)15)6-11-2-4(9)12-8(10)14-5(2)13-6/h3,7,11,17H,1H3,(H4,9,10,12,14)/q+1. The van der Waals surface area contributed by atoms with Crippen molar-refractivity contribution in [2.24, 2.45) is 0 Å². The number of rotatable bonds is 2. The van der Waals surface area contributed by atoms with E-state index in [1.165, 1.54) is 7.11 Å². The fourth-order valence-corrected chi connectivity index (χ4v) is 3.42. The van der Waals surface area contributed by atoms with Gasteiger partial charge in [0.25, 0.3) is 11.8 Å². The van der Waals surface area contributed by atoms with Crippen LogP contribution < -0.4 is 21.8 Å². The number of hydrogen-bond acceptors (Lipinski definition) is 8. The Balaban J connectivity index is 1.93. The molecule has 17 heavy (non-hydrogen) atoms. The van der Waals surface area contributed by atoms with Gasteiger partial charge in [0.1, 0.15) is 19.3 Å². The number of nitrogens with two attached hydrogens (primary N) is 2. The molecule has 0 aliphatic carbocycles. The quantitative estimate of drug-likeness (QED) is 0.597. The van der Waals surface area contributed by atoms with Gasteiger partial charge in [-0.1, -0.05) is 9.98 Å². The lowest BCUT2D eigenvalue weighted by atomic mass is 10.4. The first-order valence-electron chi connectivity index (χ1n) is 4.97. The summed E-state index contributed by atoms with van der Waals surface area (Å²) in [6, 6.07) is 0. The molecule has 2 aliphatic rings. The first-order chi connectivity index (χ1) is 8.11. The van der Waals surface area contributed by atoms with E-state index in [9.17, 15) is 4.57 Å². The molecule has 0 amide bonds. The van der Waals surface area contributed by atoms with Gasteiger partial charge in [-0.3, -0.25) is 5.32 Å². The fraction of sp³-hybridized carbons (Fsp3) is 0.375. The van der Waals surface area contributed by atoms with Crippen molar-refractivity contribution in [1.29, 1.82) is 0 Å². The van der Waals surface area contributed by atoms with Gasteiger partial charge in [-0.2, -0.15) is 4.98 Å². The third-order valence-corrected chi connectivity index (χ3v) is 4.68. The number of methoxy groups -OCH3 is 1. The van der Waals surface area contributed by atoms with Crippen molar-refractivity contribution in [3.63, 3.8) is 0 Å². The van der Waals surface area contributed by atoms with Crippen molar-refractivity contribution in [3.8, 4) is 0 Å². The summed E-state index contributed by atoms with van der Waals surface area (Å²) in [7, 11) is -0.236. The number of ether oxygens (including phenoxy) is 1. The van der Waals surface area contributed by atoms with Gasteiger partial charge >= 0.3 is 5.82 Å². The Hall–Kier alpha value is -1.66. The number of aliphatic imine (C=N–C) groups is 1. The van der Waals surface area contributed by atoms with Gasteiger partial charge in [0, 0.05) is 7.11 Å². The van der Waals surface area contributed by atoms with Crippen molar-refractivity contribution in [1.82, 2.24) is 15.0 Å². The third kappa shape index (κ3) is 1.49. The lowest BCUT2D eigenvalue weighted by molar-refractivity contribution is 0.202. The number of anilines is 3. The van der Waals surface area contributed by atoms with E-state index in [2.05, 4.69) is 20.3 Å². The number of aromatic nitrogens is 2. The van der Waals surface area contributed by atoms with E-state index in [4.69, 9.17) is 16.2 Å². The second-order valence-electron chi connectivity index (χ2n) is 3.82. The number of nitrogen functional groups attached to an aromatic ring is 2. The molecule has 8 nitrogen and oxygen atoms in total. The summed E-state index contributed by atoms with van der Waals surface area (Å²) in [6.07, 6.45) is 0. The molecule has 0 saturated carbocycles. The second kappa shape index (κ2) is 3.41. The Labute approximate surface area is 97.3 Å². The Morgan fingerprint density at radius 3 is 2.88 bits per heavy atom. The maximum atomic E-state index is 11.6. The van der Waals surface area contributed by atoms with Crippen LogP contribution in [0, 0.1) is 0 Å². The molecule has 0 aromatic carbocycles. The molecule has 9 heteroatoms. The fourth-order valence-electron chi connectivity index (χ4n) is 1.85. The summed E-state index contributed by atoms with van der Waals surface area (Å²) < 4.78 is 16.7. The molecule has 1 aromatic rings. The highest BCUT2D eigenvalue weighted by atomic mass is 31.1. The zero-order valence-corrected chi connectivity index (χ0v) is 9.97. The molecular formula is C8H11N6O2P+. The van der Waals surface area contributed by atoms with Crippen LogP contribution in [0.15, 0.2) is 0 Å². The number of nitrogens with zero attached hydrogens (tertiary/aromatic N) is 3. The average Bonchev–Trinajstić information content (AvgIpc) is 2.73. The lowest BCUT2D eigenvalue weighted by Gasteiger charge is -1.96. The first kappa shape index (κ1) is 10.5. The van der Waals surface area contributed by atoms with Gasteiger partial charge in [0.2, 0.25) is 5.69 Å². The van der Waals surface area contributed by atoms with Crippen LogP contribution in [0.1, 0.15) is 0 Å². The normalized spacial score (nSPS) is 29.5. The molecule has 3 unspecified atom stereocenters. The highest BCUT2D eigenvalue weighted by molar-refractivity contribution is 7.56. The molecule has 1 radical (unpaired) electrons. The van der Waals surface area contributed by atoms with Crippen LogP contribution in [0.25, 0.3) is 0 Å². The van der Waals surface area contributed by atoms with E-state index in [0.29, 0.717) is 17.3 Å². The number of fused-ring (bicyclic) bond motifs is 1. The minimum absolute atomic E-state index is 0.0693. The van der Waals surface area contributed by atoms with Crippen LogP contribution in [0.4, 0.5) is 23.3 Å². The highest BCUT2D eigenvalue weighted by Gasteiger charge is 2.56. The summed E-state index contributed by atoms with van der Waals surface area (Å²) in [4.78, 5) is 12.0. The van der Waals surface area contributed by atoms with Gasteiger partial charge in [-0.25, -0.2) is 0 Å². The van der Waals surface area contributed by atoms with Crippen molar-refractivity contribution < 1.29 is 9.30 Å². The van der Waals surface area contributed by atoms with E-state index in [1.807, 2.05) is 0 Å². The zero-order chi connectivity index (χ0) is 12.2. The summed E-state index contributed by atoms with van der Waals surface area (Å²) in [5.74, 6) is 1.02. The first-order valence-corrected chi connectivity index (χ1v) is 6.53. The minimum atomic E-state index is -1.77. The largest absolute Gasteiger partial charge is 0.380 e. The average molecular weight is 254 g/mol. The number of nitrogens with one attached hydrogen (secondary N) is 1. The van der Waals surface area contributed by atoms with Gasteiger partial charge < -0.3 is 20.8 Å². The van der Waals surface area contributed by atoms with Crippen molar-refractivity contribution >= 4 is 36.9 Å². The van der Waals surface area contributed by atoms with Gasteiger partial charge in [-0.05, 0) is 0 Å². The zero-order valence-electron chi connectivity index (χ0n) is 8.97. The van der Waals surface area contributed by atoms with Crippen molar-refractivity contribution in [3.05, 3.63) is 0 Å². The van der Waals surface area contributed by atoms with E-state index >= 15 is 0 Å². The smallest absolute Gasteiger partial charge is 0.343 e. The summed E-state index contributed by atoms with van der Waals surface area (Å²) >= 11 is 0. The molecular weight excluding hydrogens is 243 g/mol. The summed E-state index contributed by atoms with van der Waals surface area (Å²) in [5.41, 5.74) is 11.5. The topological polar surface area (TPSA) is 130 Å². The monoisotopic (exact) mass is 254 g/mol. The molecule has 1 fully saturated rings. The van der Waals surface area contributed by atoms with E-state index in [0.717, 1.165) is 0 Å². The molecule has 89 valence electrons. The van der Waals surface area contributed by atoms with Gasteiger partial charge in [0.05, 0.1) is 0 Å². The molecule has 3 rings (SSSR count). The molecule has 5 N–H and O–H groups in total. The molecule has 1 saturated heterocycles. The van der Waals surface area contributed by atoms with Gasteiger partial charge in [-0.15, -0.1) is 0 Å². The Bertz CT molecular complexity index is 559. The van der Waals surface area contributed by atoms with E-state index < -0.39 is 7.80 Å². The maximum Gasteiger partial charge on any atom is 0.343 e. The predicted octanol–water partition coefficient (Wildman–Crippen LogP) is -0.653. The molecule has 2 aliphatic heterocycles. The van der Waals surface area contributed by atoms with Crippen LogP contribution in [0.5, 0.6) is 0 Å². The highest BCUT2D eigenvalue weighted by Crippen LogP contribution is 2.57. The molecule has 3 heterocycles. The Morgan fingerprint density at radius 1 is 1.47 bits per heavy atom. The summed E-state index contributed by atoms with van der Waals surface area (Å²) in [6.45, 7) is 0. The number of amidine groups is 1. The maximum absolute atomic E-state index is 11.6. The predicted molar refractivity (Wildman–Crippen MR) is 64.9 cm³/mol. The molecule has 1 aromatic heterocycles. The Morgan fingerprint density at radius 2 is 2.24 bits per heavy atom. The van der Waals surface area contributed by atoms with Crippen LogP contribution in [-0.2, 0) is 9.30 Å². The Kier molecular flexibility index (Phi) is 2.11. The van der Waals surface area contributed by atoms with Crippen molar-refractivity contribution in [2.75, 3.05) is 23.9 Å². The second-order valence-corrected chi connectivity index (χ2v) is 5.82. The summed E-state index contributed by atoms with van der Waals surface area (Å²) in [5, 5.41) is 2.98. The molecule has 0 bridgehead atoms. The van der Waals surface area contributed by atoms with Crippen LogP contribution in [0.2, 0.25) is 0 Å². The number of hydrogen-bond donors (Lipinski definition) is 3. The van der Waals surface area contributed by atoms with Crippen LogP contribution in [0.3, 0.4) is 0 Å².